The predicted molar refractivity (Wildman–Crippen MR) is 80.2 cm³/mol. The maximum atomic E-state index is 12.1. The van der Waals surface area contributed by atoms with Crippen molar-refractivity contribution in [3.8, 4) is 0 Å². The average molecular weight is 279 g/mol. The van der Waals surface area contributed by atoms with Crippen LogP contribution in [0.5, 0.6) is 0 Å². The van der Waals surface area contributed by atoms with Gasteiger partial charge in [0.15, 0.2) is 5.76 Å². The fraction of sp³-hybridized carbons (Fsp3) is 0.0625. The lowest BCUT2D eigenvalue weighted by Gasteiger charge is -1.97. The van der Waals surface area contributed by atoms with Gasteiger partial charge in [-0.2, -0.15) is 5.10 Å². The van der Waals surface area contributed by atoms with Gasteiger partial charge in [0.1, 0.15) is 5.58 Å². The first-order chi connectivity index (χ1) is 10.3. The van der Waals surface area contributed by atoms with Crippen molar-refractivity contribution in [1.82, 2.24) is 10.4 Å². The number of benzene rings is 1. The molecule has 21 heavy (non-hydrogen) atoms. The van der Waals surface area contributed by atoms with Crippen LogP contribution in [-0.2, 0) is 0 Å². The van der Waals surface area contributed by atoms with Gasteiger partial charge >= 0.3 is 5.91 Å². The van der Waals surface area contributed by atoms with Crippen LogP contribution in [0.3, 0.4) is 0 Å². The Bertz CT molecular complexity index is 807. The van der Waals surface area contributed by atoms with Crippen LogP contribution >= 0.6 is 0 Å². The maximum absolute atomic E-state index is 12.1. The number of fused-ring (bicyclic) bond motifs is 1. The number of furan rings is 1. The first kappa shape index (κ1) is 13.1. The van der Waals surface area contributed by atoms with E-state index < -0.39 is 0 Å². The molecule has 2 heterocycles. The van der Waals surface area contributed by atoms with Crippen molar-refractivity contribution in [3.05, 3.63) is 65.7 Å². The molecule has 0 aliphatic carbocycles. The fourth-order valence-corrected chi connectivity index (χ4v) is 2.06. The molecular weight excluding hydrogens is 266 g/mol. The molecule has 0 saturated heterocycles. The van der Waals surface area contributed by atoms with Gasteiger partial charge in [-0.05, 0) is 19.1 Å². The van der Waals surface area contributed by atoms with E-state index in [1.807, 2.05) is 37.3 Å². The molecule has 1 N–H and O–H groups in total. The molecule has 0 fully saturated rings. The molecule has 3 aromatic rings. The van der Waals surface area contributed by atoms with Crippen LogP contribution in [0, 0.1) is 6.92 Å². The van der Waals surface area contributed by atoms with Gasteiger partial charge in [-0.25, -0.2) is 5.43 Å². The predicted octanol–water partition coefficient (Wildman–Crippen LogP) is 2.90. The van der Waals surface area contributed by atoms with E-state index in [1.54, 1.807) is 18.5 Å². The summed E-state index contributed by atoms with van der Waals surface area (Å²) in [5, 5.41) is 4.83. The summed E-state index contributed by atoms with van der Waals surface area (Å²) in [7, 11) is 0. The average Bonchev–Trinajstić information content (AvgIpc) is 2.86. The summed E-state index contributed by atoms with van der Waals surface area (Å²) >= 11 is 0. The Kier molecular flexibility index (Phi) is 3.47. The number of nitrogens with zero attached hydrogens (tertiary/aromatic N) is 2. The van der Waals surface area contributed by atoms with E-state index in [0.717, 1.165) is 16.5 Å². The van der Waals surface area contributed by atoms with Crippen molar-refractivity contribution >= 4 is 23.1 Å². The number of aryl methyl sites for hydroxylation is 1. The number of para-hydroxylation sites is 1. The summed E-state index contributed by atoms with van der Waals surface area (Å²) < 4.78 is 5.57. The van der Waals surface area contributed by atoms with Crippen LogP contribution in [0.4, 0.5) is 0 Å². The van der Waals surface area contributed by atoms with E-state index >= 15 is 0 Å². The Morgan fingerprint density at radius 1 is 1.29 bits per heavy atom. The van der Waals surface area contributed by atoms with Gasteiger partial charge in [0, 0.05) is 28.9 Å². The largest absolute Gasteiger partial charge is 0.451 e. The molecule has 1 aromatic carbocycles. The van der Waals surface area contributed by atoms with Crippen LogP contribution in [-0.4, -0.2) is 17.1 Å². The van der Waals surface area contributed by atoms with Crippen molar-refractivity contribution in [2.24, 2.45) is 5.10 Å². The zero-order valence-corrected chi connectivity index (χ0v) is 11.4. The molecule has 0 atom stereocenters. The summed E-state index contributed by atoms with van der Waals surface area (Å²) in [5.41, 5.74) is 4.76. The van der Waals surface area contributed by atoms with Gasteiger partial charge in [-0.3, -0.25) is 9.78 Å². The number of hydrogen-bond acceptors (Lipinski definition) is 4. The van der Waals surface area contributed by atoms with Crippen molar-refractivity contribution in [2.75, 3.05) is 0 Å². The number of carbonyl (C=O) groups is 1. The quantitative estimate of drug-likeness (QED) is 0.592. The highest BCUT2D eigenvalue weighted by Crippen LogP contribution is 2.24. The van der Waals surface area contributed by atoms with E-state index in [2.05, 4.69) is 15.5 Å². The second kappa shape index (κ2) is 5.58. The maximum Gasteiger partial charge on any atom is 0.307 e. The van der Waals surface area contributed by atoms with Gasteiger partial charge in [-0.1, -0.05) is 24.3 Å². The number of carbonyl (C=O) groups excluding carboxylic acids is 1. The minimum Gasteiger partial charge on any atom is -0.451 e. The van der Waals surface area contributed by atoms with Crippen LogP contribution in [0.25, 0.3) is 11.0 Å². The van der Waals surface area contributed by atoms with Gasteiger partial charge in [-0.15, -0.1) is 0 Å². The lowest BCUT2D eigenvalue weighted by Crippen LogP contribution is -2.17. The van der Waals surface area contributed by atoms with Gasteiger partial charge in [0.05, 0.1) is 6.21 Å². The van der Waals surface area contributed by atoms with E-state index in [1.165, 1.54) is 6.21 Å². The zero-order chi connectivity index (χ0) is 14.7. The number of nitrogens with one attached hydrogen (secondary N) is 1. The number of rotatable bonds is 3. The lowest BCUT2D eigenvalue weighted by molar-refractivity contribution is 0.0929. The zero-order valence-electron chi connectivity index (χ0n) is 11.4. The summed E-state index contributed by atoms with van der Waals surface area (Å²) in [6.07, 6.45) is 4.86. The number of hydrazone groups is 1. The summed E-state index contributed by atoms with van der Waals surface area (Å²) in [5.74, 6) is -0.0941. The third kappa shape index (κ3) is 2.67. The van der Waals surface area contributed by atoms with Gasteiger partial charge in [0.2, 0.25) is 0 Å². The third-order valence-electron chi connectivity index (χ3n) is 3.11. The molecule has 0 saturated carbocycles. The Labute approximate surface area is 121 Å². The molecule has 3 rings (SSSR count). The molecule has 1 amide bonds. The molecule has 5 nitrogen and oxygen atoms in total. The van der Waals surface area contributed by atoms with E-state index in [0.29, 0.717) is 5.58 Å². The molecule has 0 bridgehead atoms. The van der Waals surface area contributed by atoms with Crippen molar-refractivity contribution in [2.45, 2.75) is 6.92 Å². The molecule has 5 heteroatoms. The van der Waals surface area contributed by atoms with Gasteiger partial charge < -0.3 is 4.42 Å². The molecule has 0 aliphatic rings. The first-order valence-electron chi connectivity index (χ1n) is 6.47. The monoisotopic (exact) mass is 279 g/mol. The number of aromatic nitrogens is 1. The molecule has 0 spiro atoms. The summed E-state index contributed by atoms with van der Waals surface area (Å²) in [6, 6.07) is 11.2. The second-order valence-electron chi connectivity index (χ2n) is 4.54. The minimum absolute atomic E-state index is 0.277. The standard InChI is InChI=1S/C16H13N3O2/c1-11-13-6-2-3-7-14(13)21-15(11)16(20)19-18-10-12-5-4-8-17-9-12/h2-10H,1H3,(H,19,20)/b18-10-. The summed E-state index contributed by atoms with van der Waals surface area (Å²) in [4.78, 5) is 16.1. The Balaban J connectivity index is 1.78. The van der Waals surface area contributed by atoms with Crippen molar-refractivity contribution in [1.29, 1.82) is 0 Å². The molecule has 2 aromatic heterocycles. The molecule has 104 valence electrons. The van der Waals surface area contributed by atoms with Crippen LogP contribution in [0.1, 0.15) is 21.7 Å². The summed E-state index contributed by atoms with van der Waals surface area (Å²) in [6.45, 7) is 1.85. The van der Waals surface area contributed by atoms with Crippen molar-refractivity contribution < 1.29 is 9.21 Å². The fourth-order valence-electron chi connectivity index (χ4n) is 2.06. The normalized spacial score (nSPS) is 11.1. The number of pyridine rings is 1. The topological polar surface area (TPSA) is 67.5 Å². The molecule has 0 aliphatic heterocycles. The van der Waals surface area contributed by atoms with E-state index in [4.69, 9.17) is 4.42 Å². The second-order valence-corrected chi connectivity index (χ2v) is 4.54. The highest BCUT2D eigenvalue weighted by atomic mass is 16.3. The van der Waals surface area contributed by atoms with Gasteiger partial charge in [0.25, 0.3) is 0 Å². The van der Waals surface area contributed by atoms with E-state index in [9.17, 15) is 4.79 Å². The minimum atomic E-state index is -0.371. The Hall–Kier alpha value is -2.95. The number of amides is 1. The Morgan fingerprint density at radius 2 is 2.14 bits per heavy atom. The van der Waals surface area contributed by atoms with Crippen LogP contribution in [0.15, 0.2) is 58.3 Å². The highest BCUT2D eigenvalue weighted by molar-refractivity contribution is 5.99. The smallest absolute Gasteiger partial charge is 0.307 e. The van der Waals surface area contributed by atoms with Crippen LogP contribution < -0.4 is 5.43 Å². The lowest BCUT2D eigenvalue weighted by atomic mass is 10.1. The molecule has 0 radical (unpaired) electrons. The first-order valence-corrected chi connectivity index (χ1v) is 6.47. The Morgan fingerprint density at radius 3 is 2.90 bits per heavy atom. The molecule has 0 unspecified atom stereocenters. The highest BCUT2D eigenvalue weighted by Gasteiger charge is 2.16. The van der Waals surface area contributed by atoms with Crippen molar-refractivity contribution in [3.63, 3.8) is 0 Å². The SMILES string of the molecule is Cc1c(C(=O)N/N=C\c2cccnc2)oc2ccccc12. The van der Waals surface area contributed by atoms with Crippen LogP contribution in [0.2, 0.25) is 0 Å². The molecular formula is C16H13N3O2. The number of hydrogen-bond donors (Lipinski definition) is 1. The third-order valence-corrected chi connectivity index (χ3v) is 3.11. The van der Waals surface area contributed by atoms with E-state index in [-0.39, 0.29) is 11.7 Å².